The summed E-state index contributed by atoms with van der Waals surface area (Å²) < 4.78 is 10.2. The molecule has 74 valence electrons. The summed E-state index contributed by atoms with van der Waals surface area (Å²) in [6.45, 7) is 3.02. The SMILES string of the molecule is CCOC(=O)C=C[C@@H]1CCCCO1. The predicted molar refractivity (Wildman–Crippen MR) is 49.4 cm³/mol. The largest absolute Gasteiger partial charge is 0.463 e. The third kappa shape index (κ3) is 4.08. The first-order chi connectivity index (χ1) is 6.33. The Kier molecular flexibility index (Phi) is 4.54. The molecule has 1 fully saturated rings. The maximum absolute atomic E-state index is 10.9. The molecule has 0 saturated carbocycles. The van der Waals surface area contributed by atoms with E-state index in [0.29, 0.717) is 6.61 Å². The van der Waals surface area contributed by atoms with Crippen LogP contribution in [-0.4, -0.2) is 25.3 Å². The molecule has 0 N–H and O–H groups in total. The van der Waals surface area contributed by atoms with Crippen LogP contribution in [0.25, 0.3) is 0 Å². The topological polar surface area (TPSA) is 35.5 Å². The van der Waals surface area contributed by atoms with Gasteiger partial charge in [0.05, 0.1) is 12.7 Å². The number of carbonyl (C=O) groups is 1. The van der Waals surface area contributed by atoms with E-state index in [1.165, 1.54) is 12.5 Å². The number of esters is 1. The van der Waals surface area contributed by atoms with E-state index in [0.717, 1.165) is 19.4 Å². The van der Waals surface area contributed by atoms with Gasteiger partial charge in [-0.2, -0.15) is 0 Å². The molecule has 3 nitrogen and oxygen atoms in total. The van der Waals surface area contributed by atoms with Crippen LogP contribution in [0.4, 0.5) is 0 Å². The van der Waals surface area contributed by atoms with Gasteiger partial charge in [0.25, 0.3) is 0 Å². The normalized spacial score (nSPS) is 23.3. The fourth-order valence-electron chi connectivity index (χ4n) is 1.29. The third-order valence-corrected chi connectivity index (χ3v) is 1.95. The molecule has 0 radical (unpaired) electrons. The highest BCUT2D eigenvalue weighted by Crippen LogP contribution is 2.13. The van der Waals surface area contributed by atoms with Gasteiger partial charge >= 0.3 is 5.97 Å². The molecule has 0 aromatic heterocycles. The minimum atomic E-state index is -0.281. The van der Waals surface area contributed by atoms with Crippen molar-refractivity contribution in [1.29, 1.82) is 0 Å². The van der Waals surface area contributed by atoms with Crippen molar-refractivity contribution in [1.82, 2.24) is 0 Å². The Morgan fingerprint density at radius 1 is 1.62 bits per heavy atom. The van der Waals surface area contributed by atoms with Gasteiger partial charge in [-0.1, -0.05) is 0 Å². The molecule has 0 unspecified atom stereocenters. The van der Waals surface area contributed by atoms with Gasteiger partial charge in [0, 0.05) is 12.7 Å². The summed E-state index contributed by atoms with van der Waals surface area (Å²) >= 11 is 0. The van der Waals surface area contributed by atoms with Gasteiger partial charge in [-0.15, -0.1) is 0 Å². The maximum atomic E-state index is 10.9. The summed E-state index contributed by atoms with van der Waals surface area (Å²) in [5.41, 5.74) is 0. The molecule has 0 aliphatic carbocycles. The van der Waals surface area contributed by atoms with Crippen molar-refractivity contribution < 1.29 is 14.3 Å². The summed E-state index contributed by atoms with van der Waals surface area (Å²) in [5, 5.41) is 0. The molecule has 1 aliphatic heterocycles. The van der Waals surface area contributed by atoms with Crippen LogP contribution in [0.2, 0.25) is 0 Å². The summed E-state index contributed by atoms with van der Waals surface area (Å²) in [6.07, 6.45) is 6.67. The second-order valence-corrected chi connectivity index (χ2v) is 3.02. The lowest BCUT2D eigenvalue weighted by molar-refractivity contribution is -0.137. The quantitative estimate of drug-likeness (QED) is 0.494. The van der Waals surface area contributed by atoms with Crippen molar-refractivity contribution in [2.24, 2.45) is 0 Å². The van der Waals surface area contributed by atoms with E-state index < -0.39 is 0 Å². The first-order valence-corrected chi connectivity index (χ1v) is 4.79. The standard InChI is InChI=1S/C10H16O3/c1-2-12-10(11)7-6-9-5-3-4-8-13-9/h6-7,9H,2-5,8H2,1H3/t9-/m0/s1. The van der Waals surface area contributed by atoms with Crippen molar-refractivity contribution in [3.8, 4) is 0 Å². The second kappa shape index (κ2) is 5.75. The van der Waals surface area contributed by atoms with Crippen LogP contribution in [0, 0.1) is 0 Å². The first-order valence-electron chi connectivity index (χ1n) is 4.79. The highest BCUT2D eigenvalue weighted by Gasteiger charge is 2.10. The van der Waals surface area contributed by atoms with Gasteiger partial charge < -0.3 is 9.47 Å². The molecular formula is C10H16O3. The maximum Gasteiger partial charge on any atom is 0.330 e. The van der Waals surface area contributed by atoms with E-state index in [1.54, 1.807) is 13.0 Å². The molecule has 0 spiro atoms. The molecule has 13 heavy (non-hydrogen) atoms. The summed E-state index contributed by atoms with van der Waals surface area (Å²) in [7, 11) is 0. The predicted octanol–water partition coefficient (Wildman–Crippen LogP) is 1.67. The van der Waals surface area contributed by atoms with Gasteiger partial charge in [0.1, 0.15) is 0 Å². The molecule has 1 saturated heterocycles. The lowest BCUT2D eigenvalue weighted by atomic mass is 10.1. The highest BCUT2D eigenvalue weighted by atomic mass is 16.5. The average molecular weight is 184 g/mol. The van der Waals surface area contributed by atoms with Crippen molar-refractivity contribution in [3.63, 3.8) is 0 Å². The Hall–Kier alpha value is -0.830. The number of rotatable bonds is 3. The Labute approximate surface area is 78.7 Å². The third-order valence-electron chi connectivity index (χ3n) is 1.95. The van der Waals surface area contributed by atoms with E-state index >= 15 is 0 Å². The van der Waals surface area contributed by atoms with Gasteiger partial charge in [-0.3, -0.25) is 0 Å². The van der Waals surface area contributed by atoms with E-state index in [9.17, 15) is 4.79 Å². The molecule has 1 heterocycles. The fourth-order valence-corrected chi connectivity index (χ4v) is 1.29. The second-order valence-electron chi connectivity index (χ2n) is 3.02. The van der Waals surface area contributed by atoms with Gasteiger partial charge in [0.2, 0.25) is 0 Å². The highest BCUT2D eigenvalue weighted by molar-refractivity contribution is 5.81. The molecule has 1 atom stereocenters. The summed E-state index contributed by atoms with van der Waals surface area (Å²) in [6, 6.07) is 0. The van der Waals surface area contributed by atoms with Crippen molar-refractivity contribution in [2.45, 2.75) is 32.3 Å². The molecule has 3 heteroatoms. The van der Waals surface area contributed by atoms with Crippen LogP contribution in [0.15, 0.2) is 12.2 Å². The Morgan fingerprint density at radius 2 is 2.46 bits per heavy atom. The monoisotopic (exact) mass is 184 g/mol. The smallest absolute Gasteiger partial charge is 0.330 e. The zero-order chi connectivity index (χ0) is 9.52. The fraction of sp³-hybridized carbons (Fsp3) is 0.700. The van der Waals surface area contributed by atoms with E-state index in [1.807, 2.05) is 0 Å². The minimum absolute atomic E-state index is 0.109. The lowest BCUT2D eigenvalue weighted by Gasteiger charge is -2.18. The number of carbonyl (C=O) groups excluding carboxylic acids is 1. The Morgan fingerprint density at radius 3 is 3.08 bits per heavy atom. The van der Waals surface area contributed by atoms with E-state index in [-0.39, 0.29) is 12.1 Å². The molecule has 0 aromatic carbocycles. The van der Waals surface area contributed by atoms with Crippen molar-refractivity contribution in [2.75, 3.05) is 13.2 Å². The summed E-state index contributed by atoms with van der Waals surface area (Å²) in [5.74, 6) is -0.281. The lowest BCUT2D eigenvalue weighted by Crippen LogP contribution is -2.16. The molecule has 1 rings (SSSR count). The van der Waals surface area contributed by atoms with Crippen LogP contribution in [0.1, 0.15) is 26.2 Å². The van der Waals surface area contributed by atoms with E-state index in [4.69, 9.17) is 9.47 Å². The van der Waals surface area contributed by atoms with Gasteiger partial charge in [0.15, 0.2) is 0 Å². The molecule has 1 aliphatic rings. The van der Waals surface area contributed by atoms with Crippen LogP contribution >= 0.6 is 0 Å². The van der Waals surface area contributed by atoms with Crippen molar-refractivity contribution in [3.05, 3.63) is 12.2 Å². The number of hydrogen-bond donors (Lipinski definition) is 0. The number of hydrogen-bond acceptors (Lipinski definition) is 3. The zero-order valence-electron chi connectivity index (χ0n) is 7.99. The number of ether oxygens (including phenoxy) is 2. The van der Waals surface area contributed by atoms with Crippen LogP contribution in [-0.2, 0) is 14.3 Å². The Bertz CT molecular complexity index is 181. The minimum Gasteiger partial charge on any atom is -0.463 e. The molecule has 0 aromatic rings. The van der Waals surface area contributed by atoms with Crippen LogP contribution < -0.4 is 0 Å². The van der Waals surface area contributed by atoms with E-state index in [2.05, 4.69) is 0 Å². The van der Waals surface area contributed by atoms with Gasteiger partial charge in [-0.25, -0.2) is 4.79 Å². The summed E-state index contributed by atoms with van der Waals surface area (Å²) in [4.78, 5) is 10.9. The van der Waals surface area contributed by atoms with Crippen LogP contribution in [0.5, 0.6) is 0 Å². The van der Waals surface area contributed by atoms with Gasteiger partial charge in [-0.05, 0) is 32.3 Å². The van der Waals surface area contributed by atoms with Crippen LogP contribution in [0.3, 0.4) is 0 Å². The molecule has 0 amide bonds. The first kappa shape index (κ1) is 10.3. The zero-order valence-corrected chi connectivity index (χ0v) is 7.99. The Balaban J connectivity index is 2.24. The average Bonchev–Trinajstić information content (AvgIpc) is 2.17. The molecular weight excluding hydrogens is 168 g/mol. The molecule has 0 bridgehead atoms. The van der Waals surface area contributed by atoms with Crippen molar-refractivity contribution >= 4 is 5.97 Å².